The fourth-order valence-electron chi connectivity index (χ4n) is 3.72. The Kier molecular flexibility index (Phi) is 8.63. The molecule has 4 rings (SSSR count). The minimum atomic E-state index is -4.18. The van der Waals surface area contributed by atoms with Crippen LogP contribution in [0.4, 0.5) is 17.6 Å². The van der Waals surface area contributed by atoms with Crippen molar-refractivity contribution in [1.29, 1.82) is 0 Å². The van der Waals surface area contributed by atoms with Gasteiger partial charge in [-0.2, -0.15) is 20.5 Å². The largest absolute Gasteiger partial charge is 0.487 e. The molecule has 35 heavy (non-hydrogen) atoms. The zero-order valence-corrected chi connectivity index (χ0v) is 20.4. The van der Waals surface area contributed by atoms with Gasteiger partial charge in [-0.3, -0.25) is 0 Å². The summed E-state index contributed by atoms with van der Waals surface area (Å²) in [6.45, 7) is -0.656. The fraction of sp³-hybridized carbons (Fsp3) is 0.333. The Labute approximate surface area is 211 Å². The highest BCUT2D eigenvalue weighted by Crippen LogP contribution is 2.29. The third kappa shape index (κ3) is 7.38. The first-order chi connectivity index (χ1) is 16.8. The number of halogens is 5. The summed E-state index contributed by atoms with van der Waals surface area (Å²) in [5.41, 5.74) is 2.24. The smallest absolute Gasteiger partial charge is 0.340 e. The van der Waals surface area contributed by atoms with Crippen LogP contribution in [0, 0.1) is 0 Å². The van der Waals surface area contributed by atoms with Gasteiger partial charge in [-0.25, -0.2) is 8.78 Å². The Balaban J connectivity index is 1.27. The van der Waals surface area contributed by atoms with Crippen molar-refractivity contribution in [2.45, 2.75) is 42.3 Å². The highest BCUT2D eigenvalue weighted by molar-refractivity contribution is 7.99. The lowest BCUT2D eigenvalue weighted by molar-refractivity contribution is -0.148. The number of hydrogen-bond acceptors (Lipinski definition) is 3. The second-order valence-electron chi connectivity index (χ2n) is 8.49. The van der Waals surface area contributed by atoms with Crippen molar-refractivity contribution in [3.8, 4) is 5.75 Å². The molecule has 0 radical (unpaired) electrons. The summed E-state index contributed by atoms with van der Waals surface area (Å²) in [5, 5.41) is 2.88. The van der Waals surface area contributed by atoms with E-state index < -0.39 is 19.0 Å². The minimum absolute atomic E-state index is 0.0605. The predicted molar refractivity (Wildman–Crippen MR) is 135 cm³/mol. The van der Waals surface area contributed by atoms with Crippen LogP contribution in [-0.4, -0.2) is 36.9 Å². The molecule has 0 N–H and O–H groups in total. The molecule has 0 aromatic heterocycles. The number of rotatable bonds is 9. The number of benzene rings is 3. The Morgan fingerprint density at radius 2 is 1.77 bits per heavy atom. The second-order valence-corrected chi connectivity index (χ2v) is 10.2. The maximum atomic E-state index is 13.1. The van der Waals surface area contributed by atoms with Crippen molar-refractivity contribution in [3.05, 3.63) is 82.9 Å². The third-order valence-corrected chi connectivity index (χ3v) is 7.35. The van der Waals surface area contributed by atoms with Crippen molar-refractivity contribution in [1.82, 2.24) is 0 Å². The molecule has 0 bridgehead atoms. The van der Waals surface area contributed by atoms with Crippen molar-refractivity contribution in [2.24, 2.45) is 0 Å². The Morgan fingerprint density at radius 1 is 1.03 bits per heavy atom. The number of ether oxygens (including phenoxy) is 2. The number of thioether (sulfide) groups is 1. The monoisotopic (exact) mass is 524 g/mol. The molecule has 0 unspecified atom stereocenters. The summed E-state index contributed by atoms with van der Waals surface area (Å²) >= 11 is 7.84. The van der Waals surface area contributed by atoms with Crippen LogP contribution >= 0.6 is 23.4 Å². The summed E-state index contributed by atoms with van der Waals surface area (Å²) in [4.78, 5) is 0. The van der Waals surface area contributed by atoms with E-state index in [1.807, 2.05) is 60.3 Å². The molecule has 3 aromatic carbocycles. The van der Waals surface area contributed by atoms with Crippen LogP contribution in [0.5, 0.6) is 5.75 Å². The zero-order valence-electron chi connectivity index (χ0n) is 18.8. The Hall–Kier alpha value is -2.22. The summed E-state index contributed by atoms with van der Waals surface area (Å²) in [6.07, 6.45) is 2.41. The quantitative estimate of drug-likeness (QED) is 0.262. The van der Waals surface area contributed by atoms with E-state index in [9.17, 15) is 17.6 Å². The molecule has 0 aliphatic carbocycles. The predicted octanol–water partition coefficient (Wildman–Crippen LogP) is 8.27. The zero-order chi connectivity index (χ0) is 24.8. The molecule has 3 aromatic rings. The van der Waals surface area contributed by atoms with Gasteiger partial charge >= 0.3 is 12.3 Å². The maximum absolute atomic E-state index is 13.1. The van der Waals surface area contributed by atoms with Crippen molar-refractivity contribution in [3.63, 3.8) is 0 Å². The van der Waals surface area contributed by atoms with E-state index in [-0.39, 0.29) is 11.9 Å². The Bertz CT molecular complexity index is 1150. The SMILES string of the molecule is FC(F)C(F)(F)COc1ccc2cc(/C=C/[C@H]3CC[C@H](SCc4ccc(Cl)cc4)CO3)ccc2c1. The van der Waals surface area contributed by atoms with Crippen LogP contribution in [0.2, 0.25) is 5.02 Å². The highest BCUT2D eigenvalue weighted by Gasteiger charge is 2.41. The van der Waals surface area contributed by atoms with Gasteiger partial charge in [0.25, 0.3) is 0 Å². The number of alkyl halides is 4. The van der Waals surface area contributed by atoms with Gasteiger partial charge in [-0.1, -0.05) is 54.1 Å². The van der Waals surface area contributed by atoms with Gasteiger partial charge in [0, 0.05) is 16.0 Å². The normalized spacial score (nSPS) is 19.0. The van der Waals surface area contributed by atoms with E-state index in [1.54, 1.807) is 12.1 Å². The molecule has 0 amide bonds. The summed E-state index contributed by atoms with van der Waals surface area (Å²) in [6, 6.07) is 18.4. The minimum Gasteiger partial charge on any atom is -0.487 e. The molecular weight excluding hydrogens is 500 g/mol. The average molecular weight is 525 g/mol. The van der Waals surface area contributed by atoms with E-state index in [4.69, 9.17) is 21.1 Å². The summed E-state index contributed by atoms with van der Waals surface area (Å²) < 4.78 is 61.7. The van der Waals surface area contributed by atoms with E-state index in [0.717, 1.165) is 40.0 Å². The lowest BCUT2D eigenvalue weighted by atomic mass is 10.0. The molecule has 1 aliphatic rings. The van der Waals surface area contributed by atoms with Gasteiger partial charge in [0.15, 0.2) is 6.61 Å². The molecule has 2 nitrogen and oxygen atoms in total. The first kappa shape index (κ1) is 25.9. The average Bonchev–Trinajstić information content (AvgIpc) is 2.86. The Morgan fingerprint density at radius 3 is 2.49 bits per heavy atom. The van der Waals surface area contributed by atoms with Crippen LogP contribution in [0.3, 0.4) is 0 Å². The second kappa shape index (κ2) is 11.7. The van der Waals surface area contributed by atoms with Gasteiger partial charge in [0.05, 0.1) is 12.7 Å². The molecule has 0 saturated carbocycles. The van der Waals surface area contributed by atoms with E-state index in [1.165, 1.54) is 11.6 Å². The van der Waals surface area contributed by atoms with Gasteiger partial charge in [0.2, 0.25) is 0 Å². The van der Waals surface area contributed by atoms with Gasteiger partial charge in [0.1, 0.15) is 5.75 Å². The van der Waals surface area contributed by atoms with E-state index in [2.05, 4.69) is 6.08 Å². The van der Waals surface area contributed by atoms with Crippen molar-refractivity contribution in [2.75, 3.05) is 13.2 Å². The van der Waals surface area contributed by atoms with Crippen LogP contribution in [0.25, 0.3) is 16.8 Å². The van der Waals surface area contributed by atoms with Crippen LogP contribution in [0.1, 0.15) is 24.0 Å². The van der Waals surface area contributed by atoms with Gasteiger partial charge in [-0.15, -0.1) is 0 Å². The molecule has 1 aliphatic heterocycles. The first-order valence-corrected chi connectivity index (χ1v) is 12.7. The summed E-state index contributed by atoms with van der Waals surface area (Å²) in [7, 11) is 0. The molecule has 186 valence electrons. The topological polar surface area (TPSA) is 18.5 Å². The van der Waals surface area contributed by atoms with Gasteiger partial charge < -0.3 is 9.47 Å². The molecule has 1 fully saturated rings. The molecular formula is C27H25ClF4O2S. The fourth-order valence-corrected chi connectivity index (χ4v) is 4.95. The lowest BCUT2D eigenvalue weighted by Crippen LogP contribution is -2.33. The molecule has 2 atom stereocenters. The standard InChI is InChI=1S/C27H25ClF4O2S/c28-22-7-2-19(3-8-22)16-35-25-12-11-23(33-15-25)9-4-18-1-5-21-14-24(10-6-20(21)13-18)34-17-27(31,32)26(29)30/h1-10,13-14,23,25-26H,11-12,15-17H2/b9-4+/t23-,25-/m0/s1. The number of fused-ring (bicyclic) bond motifs is 1. The number of hydrogen-bond donors (Lipinski definition) is 0. The summed E-state index contributed by atoms with van der Waals surface area (Å²) in [5.74, 6) is -3.12. The lowest BCUT2D eigenvalue weighted by Gasteiger charge is -2.27. The molecule has 8 heteroatoms. The highest BCUT2D eigenvalue weighted by atomic mass is 35.5. The molecule has 1 saturated heterocycles. The maximum Gasteiger partial charge on any atom is 0.340 e. The van der Waals surface area contributed by atoms with Crippen LogP contribution in [-0.2, 0) is 10.5 Å². The third-order valence-electron chi connectivity index (χ3n) is 5.76. The van der Waals surface area contributed by atoms with E-state index in [0.29, 0.717) is 11.9 Å². The van der Waals surface area contributed by atoms with Gasteiger partial charge in [-0.05, 0) is 65.1 Å². The van der Waals surface area contributed by atoms with Crippen LogP contribution in [0.15, 0.2) is 66.7 Å². The van der Waals surface area contributed by atoms with Crippen molar-refractivity contribution < 1.29 is 27.0 Å². The molecule has 0 spiro atoms. The van der Waals surface area contributed by atoms with E-state index >= 15 is 0 Å². The van der Waals surface area contributed by atoms with Crippen molar-refractivity contribution >= 4 is 40.2 Å². The first-order valence-electron chi connectivity index (χ1n) is 11.3. The molecule has 1 heterocycles. The van der Waals surface area contributed by atoms with Crippen LogP contribution < -0.4 is 4.74 Å².